The summed E-state index contributed by atoms with van der Waals surface area (Å²) in [6.07, 6.45) is 3.40. The SMILES string of the molecule is N#Cc1cc(S(=O)(=O)N[C@@H]2CCN(Cc3ccc(OC4CC4)cc3)C2)ccc1Cl. The molecule has 6 nitrogen and oxygen atoms in total. The second-order valence-electron chi connectivity index (χ2n) is 7.56. The molecule has 1 saturated heterocycles. The van der Waals surface area contributed by atoms with Crippen LogP contribution in [0.15, 0.2) is 47.4 Å². The van der Waals surface area contributed by atoms with Gasteiger partial charge < -0.3 is 4.74 Å². The molecule has 0 bridgehead atoms. The van der Waals surface area contributed by atoms with Crippen LogP contribution in [-0.4, -0.2) is 38.6 Å². The Hall–Kier alpha value is -2.11. The van der Waals surface area contributed by atoms with E-state index in [9.17, 15) is 8.42 Å². The summed E-state index contributed by atoms with van der Waals surface area (Å²) in [5, 5.41) is 9.31. The van der Waals surface area contributed by atoms with Gasteiger partial charge >= 0.3 is 0 Å². The minimum Gasteiger partial charge on any atom is -0.490 e. The van der Waals surface area contributed by atoms with Crippen LogP contribution in [0.3, 0.4) is 0 Å². The van der Waals surface area contributed by atoms with Crippen molar-refractivity contribution in [1.29, 1.82) is 5.26 Å². The zero-order valence-electron chi connectivity index (χ0n) is 15.8. The van der Waals surface area contributed by atoms with Crippen LogP contribution in [0.25, 0.3) is 0 Å². The van der Waals surface area contributed by atoms with Crippen molar-refractivity contribution in [3.63, 3.8) is 0 Å². The smallest absolute Gasteiger partial charge is 0.240 e. The highest BCUT2D eigenvalue weighted by atomic mass is 35.5. The molecule has 29 heavy (non-hydrogen) atoms. The van der Waals surface area contributed by atoms with Gasteiger partial charge in [0.05, 0.1) is 21.6 Å². The number of nitrogens with zero attached hydrogens (tertiary/aromatic N) is 2. The monoisotopic (exact) mass is 431 g/mol. The Morgan fingerprint density at radius 2 is 1.93 bits per heavy atom. The summed E-state index contributed by atoms with van der Waals surface area (Å²) < 4.78 is 33.9. The zero-order valence-corrected chi connectivity index (χ0v) is 17.4. The van der Waals surface area contributed by atoms with Crippen molar-refractivity contribution >= 4 is 21.6 Å². The molecule has 2 aromatic rings. The van der Waals surface area contributed by atoms with Gasteiger partial charge in [-0.05, 0) is 55.2 Å². The summed E-state index contributed by atoms with van der Waals surface area (Å²) in [5.41, 5.74) is 1.32. The molecule has 1 N–H and O–H groups in total. The van der Waals surface area contributed by atoms with Gasteiger partial charge in [-0.1, -0.05) is 23.7 Å². The van der Waals surface area contributed by atoms with Gasteiger partial charge in [0, 0.05) is 25.7 Å². The van der Waals surface area contributed by atoms with Crippen LogP contribution in [0.2, 0.25) is 5.02 Å². The van der Waals surface area contributed by atoms with E-state index in [1.165, 1.54) is 23.8 Å². The molecule has 0 amide bonds. The number of hydrogen-bond acceptors (Lipinski definition) is 5. The quantitative estimate of drug-likeness (QED) is 0.727. The summed E-state index contributed by atoms with van der Waals surface area (Å²) in [6.45, 7) is 2.22. The Labute approximate surface area is 176 Å². The van der Waals surface area contributed by atoms with Crippen LogP contribution in [0.5, 0.6) is 5.75 Å². The molecule has 1 saturated carbocycles. The van der Waals surface area contributed by atoms with Gasteiger partial charge in [-0.3, -0.25) is 4.90 Å². The molecule has 2 aliphatic rings. The predicted molar refractivity (Wildman–Crippen MR) is 110 cm³/mol. The molecule has 0 spiro atoms. The van der Waals surface area contributed by atoms with E-state index in [1.54, 1.807) is 0 Å². The lowest BCUT2D eigenvalue weighted by Crippen LogP contribution is -2.37. The molecule has 0 radical (unpaired) electrons. The number of likely N-dealkylation sites (tertiary alicyclic amines) is 1. The van der Waals surface area contributed by atoms with Crippen molar-refractivity contribution in [2.75, 3.05) is 13.1 Å². The summed E-state index contributed by atoms with van der Waals surface area (Å²) in [5.74, 6) is 0.906. The molecular formula is C21H22ClN3O3S. The predicted octanol–water partition coefficient (Wildman–Crippen LogP) is 3.31. The van der Waals surface area contributed by atoms with Crippen molar-refractivity contribution < 1.29 is 13.2 Å². The molecule has 4 rings (SSSR count). The van der Waals surface area contributed by atoms with Crippen LogP contribution in [0.4, 0.5) is 0 Å². The summed E-state index contributed by atoms with van der Waals surface area (Å²) in [6, 6.07) is 14.0. The summed E-state index contributed by atoms with van der Waals surface area (Å²) in [7, 11) is -3.70. The lowest BCUT2D eigenvalue weighted by Gasteiger charge is -2.17. The standard InChI is InChI=1S/C21H22ClN3O3S/c22-21-8-7-20(11-16(21)12-23)29(26,27)24-17-9-10-25(14-17)13-15-1-3-18(4-2-15)28-19-5-6-19/h1-4,7-8,11,17,19,24H,5-6,9-10,13-14H2/t17-/m1/s1. The average Bonchev–Trinajstić information content (AvgIpc) is 3.41. The number of hydrogen-bond donors (Lipinski definition) is 1. The van der Waals surface area contributed by atoms with Gasteiger partial charge in [0.25, 0.3) is 0 Å². The first-order valence-electron chi connectivity index (χ1n) is 9.63. The lowest BCUT2D eigenvalue weighted by molar-refractivity contribution is 0.302. The van der Waals surface area contributed by atoms with Crippen molar-refractivity contribution in [3.05, 3.63) is 58.6 Å². The van der Waals surface area contributed by atoms with Crippen LogP contribution in [0.1, 0.15) is 30.4 Å². The number of nitriles is 1. The van der Waals surface area contributed by atoms with Crippen molar-refractivity contribution in [1.82, 2.24) is 9.62 Å². The van der Waals surface area contributed by atoms with E-state index in [0.29, 0.717) is 12.6 Å². The molecule has 0 unspecified atom stereocenters. The van der Waals surface area contributed by atoms with Gasteiger partial charge in [-0.25, -0.2) is 13.1 Å². The highest BCUT2D eigenvalue weighted by Gasteiger charge is 2.28. The Balaban J connectivity index is 1.34. The van der Waals surface area contributed by atoms with Gasteiger partial charge in [0.2, 0.25) is 10.0 Å². The second-order valence-corrected chi connectivity index (χ2v) is 9.68. The molecule has 0 aromatic heterocycles. The highest BCUT2D eigenvalue weighted by molar-refractivity contribution is 7.89. The third-order valence-corrected chi connectivity index (χ3v) is 6.97. The molecule has 1 atom stereocenters. The van der Waals surface area contributed by atoms with Crippen LogP contribution >= 0.6 is 11.6 Å². The Morgan fingerprint density at radius 3 is 2.62 bits per heavy atom. The Bertz CT molecular complexity index is 1030. The molecule has 2 aromatic carbocycles. The van der Waals surface area contributed by atoms with Crippen molar-refractivity contribution in [2.45, 2.75) is 42.8 Å². The van der Waals surface area contributed by atoms with Gasteiger partial charge in [0.1, 0.15) is 11.8 Å². The third-order valence-electron chi connectivity index (χ3n) is 5.12. The molecule has 1 heterocycles. The lowest BCUT2D eigenvalue weighted by atomic mass is 10.2. The molecular weight excluding hydrogens is 410 g/mol. The first-order valence-corrected chi connectivity index (χ1v) is 11.5. The zero-order chi connectivity index (χ0) is 20.4. The van der Waals surface area contributed by atoms with Crippen molar-refractivity contribution in [2.24, 2.45) is 0 Å². The van der Waals surface area contributed by atoms with E-state index in [4.69, 9.17) is 21.6 Å². The number of halogens is 1. The topological polar surface area (TPSA) is 82.4 Å². The average molecular weight is 432 g/mol. The van der Waals surface area contributed by atoms with E-state index in [0.717, 1.165) is 38.1 Å². The Morgan fingerprint density at radius 1 is 1.17 bits per heavy atom. The fourth-order valence-electron chi connectivity index (χ4n) is 3.43. The van der Waals surface area contributed by atoms with E-state index in [2.05, 4.69) is 21.8 Å². The summed E-state index contributed by atoms with van der Waals surface area (Å²) >= 11 is 5.90. The minimum atomic E-state index is -3.70. The number of sulfonamides is 1. The van der Waals surface area contributed by atoms with Crippen LogP contribution in [0, 0.1) is 11.3 Å². The number of rotatable bonds is 7. The van der Waals surface area contributed by atoms with Crippen LogP contribution < -0.4 is 9.46 Å². The van der Waals surface area contributed by atoms with Gasteiger partial charge in [-0.15, -0.1) is 0 Å². The molecule has 8 heteroatoms. The maximum absolute atomic E-state index is 12.7. The molecule has 152 valence electrons. The van der Waals surface area contributed by atoms with E-state index in [-0.39, 0.29) is 21.5 Å². The summed E-state index contributed by atoms with van der Waals surface area (Å²) in [4.78, 5) is 2.29. The Kier molecular flexibility index (Phi) is 5.79. The van der Waals surface area contributed by atoms with Gasteiger partial charge in [0.15, 0.2) is 0 Å². The van der Waals surface area contributed by atoms with Gasteiger partial charge in [-0.2, -0.15) is 5.26 Å². The van der Waals surface area contributed by atoms with E-state index in [1.807, 2.05) is 18.2 Å². The third kappa shape index (κ3) is 5.09. The first kappa shape index (κ1) is 20.2. The number of nitrogens with one attached hydrogen (secondary N) is 1. The normalized spacial score (nSPS) is 19.8. The molecule has 2 fully saturated rings. The van der Waals surface area contributed by atoms with E-state index < -0.39 is 10.0 Å². The fraction of sp³-hybridized carbons (Fsp3) is 0.381. The number of benzene rings is 2. The number of ether oxygens (including phenoxy) is 1. The molecule has 1 aliphatic heterocycles. The highest BCUT2D eigenvalue weighted by Crippen LogP contribution is 2.27. The van der Waals surface area contributed by atoms with Crippen LogP contribution in [-0.2, 0) is 16.6 Å². The molecule has 1 aliphatic carbocycles. The maximum Gasteiger partial charge on any atom is 0.240 e. The van der Waals surface area contributed by atoms with E-state index >= 15 is 0 Å². The minimum absolute atomic E-state index is 0.0585. The maximum atomic E-state index is 12.7. The van der Waals surface area contributed by atoms with Crippen molar-refractivity contribution in [3.8, 4) is 11.8 Å². The first-order chi connectivity index (χ1) is 13.9. The fourth-order valence-corrected chi connectivity index (χ4v) is 4.87. The second kappa shape index (κ2) is 8.33. The largest absolute Gasteiger partial charge is 0.490 e.